The fourth-order valence-electron chi connectivity index (χ4n) is 1.72. The van der Waals surface area contributed by atoms with Crippen molar-refractivity contribution in [1.82, 2.24) is 4.98 Å². The van der Waals surface area contributed by atoms with E-state index in [1.54, 1.807) is 30.8 Å². The van der Waals surface area contributed by atoms with E-state index in [-0.39, 0.29) is 11.6 Å². The lowest BCUT2D eigenvalue weighted by Crippen LogP contribution is -2.05. The molecule has 1 aromatic heterocycles. The SMILES string of the molecule is COc1cccc(C2=NC(=Cc3cscn3)C(=O)O2)c1. The Labute approximate surface area is 119 Å². The molecule has 20 heavy (non-hydrogen) atoms. The molecule has 1 aromatic carbocycles. The molecule has 0 aliphatic carbocycles. The Kier molecular flexibility index (Phi) is 3.30. The van der Waals surface area contributed by atoms with Crippen molar-refractivity contribution in [1.29, 1.82) is 0 Å². The van der Waals surface area contributed by atoms with Gasteiger partial charge in [0.2, 0.25) is 5.90 Å². The number of benzene rings is 1. The number of esters is 1. The van der Waals surface area contributed by atoms with Gasteiger partial charge in [-0.25, -0.2) is 14.8 Å². The van der Waals surface area contributed by atoms with Crippen LogP contribution >= 0.6 is 11.3 Å². The quantitative estimate of drug-likeness (QED) is 0.642. The van der Waals surface area contributed by atoms with Crippen LogP contribution in [-0.4, -0.2) is 24.0 Å². The number of ether oxygens (including phenoxy) is 2. The second kappa shape index (κ2) is 5.26. The minimum atomic E-state index is -0.476. The highest BCUT2D eigenvalue weighted by Gasteiger charge is 2.24. The fraction of sp³-hybridized carbons (Fsp3) is 0.0714. The van der Waals surface area contributed by atoms with Crippen LogP contribution in [0.25, 0.3) is 6.08 Å². The lowest BCUT2D eigenvalue weighted by molar-refractivity contribution is -0.129. The summed E-state index contributed by atoms with van der Waals surface area (Å²) in [5, 5.41) is 1.83. The number of thiazole rings is 1. The van der Waals surface area contributed by atoms with Gasteiger partial charge in [-0.2, -0.15) is 0 Å². The van der Waals surface area contributed by atoms with Gasteiger partial charge >= 0.3 is 5.97 Å². The number of carbonyl (C=O) groups is 1. The first-order chi connectivity index (χ1) is 9.76. The van der Waals surface area contributed by atoms with Crippen LogP contribution in [0.15, 0.2) is 45.8 Å². The number of rotatable bonds is 3. The topological polar surface area (TPSA) is 60.8 Å². The molecule has 1 aliphatic rings. The third-order valence-electron chi connectivity index (χ3n) is 2.67. The predicted molar refractivity (Wildman–Crippen MR) is 75.7 cm³/mol. The van der Waals surface area contributed by atoms with Gasteiger partial charge in [-0.05, 0) is 24.3 Å². The zero-order chi connectivity index (χ0) is 13.9. The van der Waals surface area contributed by atoms with Crippen LogP contribution in [0.3, 0.4) is 0 Å². The summed E-state index contributed by atoms with van der Waals surface area (Å²) in [6, 6.07) is 7.19. The number of hydrogen-bond acceptors (Lipinski definition) is 6. The van der Waals surface area contributed by atoms with Gasteiger partial charge in [0.05, 0.1) is 18.3 Å². The Bertz CT molecular complexity index is 705. The third kappa shape index (κ3) is 2.46. The molecule has 0 saturated carbocycles. The van der Waals surface area contributed by atoms with Crippen molar-refractivity contribution in [2.24, 2.45) is 4.99 Å². The molecule has 0 unspecified atom stereocenters. The van der Waals surface area contributed by atoms with Gasteiger partial charge in [0.25, 0.3) is 0 Å². The summed E-state index contributed by atoms with van der Waals surface area (Å²) in [5.41, 5.74) is 3.32. The van der Waals surface area contributed by atoms with Crippen LogP contribution in [0.2, 0.25) is 0 Å². The maximum atomic E-state index is 11.8. The smallest absolute Gasteiger partial charge is 0.363 e. The molecule has 2 heterocycles. The van der Waals surface area contributed by atoms with E-state index in [0.29, 0.717) is 17.0 Å². The van der Waals surface area contributed by atoms with E-state index >= 15 is 0 Å². The van der Waals surface area contributed by atoms with Crippen molar-refractivity contribution in [3.8, 4) is 5.75 Å². The van der Waals surface area contributed by atoms with Crippen LogP contribution in [0.5, 0.6) is 5.75 Å². The maximum Gasteiger partial charge on any atom is 0.363 e. The minimum absolute atomic E-state index is 0.244. The monoisotopic (exact) mass is 286 g/mol. The molecular weight excluding hydrogens is 276 g/mol. The molecule has 0 amide bonds. The van der Waals surface area contributed by atoms with Crippen LogP contribution in [0, 0.1) is 0 Å². The predicted octanol–water partition coefficient (Wildman–Crippen LogP) is 2.50. The van der Waals surface area contributed by atoms with Gasteiger partial charge in [0.1, 0.15) is 5.75 Å². The largest absolute Gasteiger partial charge is 0.497 e. The number of hydrogen-bond donors (Lipinski definition) is 0. The first kappa shape index (κ1) is 12.6. The molecule has 0 saturated heterocycles. The number of nitrogens with zero attached hydrogens (tertiary/aromatic N) is 2. The van der Waals surface area contributed by atoms with Crippen molar-refractivity contribution in [3.05, 3.63) is 52.1 Å². The second-order valence-corrected chi connectivity index (χ2v) is 4.70. The van der Waals surface area contributed by atoms with Crippen molar-refractivity contribution < 1.29 is 14.3 Å². The highest BCUT2D eigenvalue weighted by Crippen LogP contribution is 2.21. The number of aliphatic imine (C=N–C) groups is 1. The molecule has 0 bridgehead atoms. The summed E-state index contributed by atoms with van der Waals surface area (Å²) in [6.45, 7) is 0. The molecule has 5 nitrogen and oxygen atoms in total. The molecule has 0 spiro atoms. The van der Waals surface area contributed by atoms with Crippen LogP contribution in [0.4, 0.5) is 0 Å². The maximum absolute atomic E-state index is 11.8. The molecule has 6 heteroatoms. The summed E-state index contributed by atoms with van der Waals surface area (Å²) >= 11 is 1.45. The first-order valence-corrected chi connectivity index (χ1v) is 6.76. The van der Waals surface area contributed by atoms with Crippen LogP contribution < -0.4 is 4.74 Å². The third-order valence-corrected chi connectivity index (χ3v) is 3.28. The molecule has 100 valence electrons. The Balaban J connectivity index is 1.93. The van der Waals surface area contributed by atoms with E-state index in [1.165, 1.54) is 11.3 Å². The lowest BCUT2D eigenvalue weighted by Gasteiger charge is -2.02. The summed E-state index contributed by atoms with van der Waals surface area (Å²) in [5.74, 6) is 0.476. The zero-order valence-corrected chi connectivity index (χ0v) is 11.4. The standard InChI is InChI=1S/C14H10N2O3S/c1-18-11-4-2-3-9(5-11)13-16-12(14(17)19-13)6-10-7-20-8-15-10/h2-8H,1H3. The summed E-state index contributed by atoms with van der Waals surface area (Å²) < 4.78 is 10.3. The minimum Gasteiger partial charge on any atom is -0.497 e. The van der Waals surface area contributed by atoms with Gasteiger partial charge < -0.3 is 9.47 Å². The Morgan fingerprint density at radius 3 is 3.05 bits per heavy atom. The molecule has 0 N–H and O–H groups in total. The summed E-state index contributed by atoms with van der Waals surface area (Å²) in [6.07, 6.45) is 1.60. The van der Waals surface area contributed by atoms with Gasteiger partial charge in [-0.3, -0.25) is 0 Å². The Morgan fingerprint density at radius 2 is 2.30 bits per heavy atom. The Hall–Kier alpha value is -2.47. The number of methoxy groups -OCH3 is 1. The molecule has 1 aliphatic heterocycles. The summed E-state index contributed by atoms with van der Waals surface area (Å²) in [7, 11) is 1.58. The molecule has 0 fully saturated rings. The van der Waals surface area contributed by atoms with Gasteiger partial charge in [-0.15, -0.1) is 11.3 Å². The van der Waals surface area contributed by atoms with Crippen molar-refractivity contribution in [2.75, 3.05) is 7.11 Å². The van der Waals surface area contributed by atoms with E-state index < -0.39 is 5.97 Å². The van der Waals surface area contributed by atoms with E-state index in [4.69, 9.17) is 9.47 Å². The van der Waals surface area contributed by atoms with Gasteiger partial charge in [0.15, 0.2) is 5.70 Å². The molecule has 0 atom stereocenters. The van der Waals surface area contributed by atoms with E-state index in [9.17, 15) is 4.79 Å². The normalized spacial score (nSPS) is 16.1. The summed E-state index contributed by atoms with van der Waals surface area (Å²) in [4.78, 5) is 20.1. The van der Waals surface area contributed by atoms with Gasteiger partial charge in [-0.1, -0.05) is 6.07 Å². The molecular formula is C14H10N2O3S. The van der Waals surface area contributed by atoms with Crippen molar-refractivity contribution >= 4 is 29.3 Å². The average Bonchev–Trinajstić information content (AvgIpc) is 3.10. The highest BCUT2D eigenvalue weighted by atomic mass is 32.1. The number of aromatic nitrogens is 1. The number of cyclic esters (lactones) is 1. The molecule has 0 radical (unpaired) electrons. The Morgan fingerprint density at radius 1 is 1.40 bits per heavy atom. The zero-order valence-electron chi connectivity index (χ0n) is 10.6. The average molecular weight is 286 g/mol. The van der Waals surface area contributed by atoms with E-state index in [0.717, 1.165) is 0 Å². The van der Waals surface area contributed by atoms with Crippen molar-refractivity contribution in [2.45, 2.75) is 0 Å². The fourth-order valence-corrected chi connectivity index (χ4v) is 2.23. The molecule has 2 aromatic rings. The second-order valence-electron chi connectivity index (χ2n) is 3.98. The van der Waals surface area contributed by atoms with Crippen molar-refractivity contribution in [3.63, 3.8) is 0 Å². The van der Waals surface area contributed by atoms with Crippen LogP contribution in [0.1, 0.15) is 11.3 Å². The number of carbonyl (C=O) groups excluding carboxylic acids is 1. The van der Waals surface area contributed by atoms with E-state index in [1.807, 2.05) is 17.5 Å². The lowest BCUT2D eigenvalue weighted by atomic mass is 10.2. The highest BCUT2D eigenvalue weighted by molar-refractivity contribution is 7.07. The molecule has 3 rings (SSSR count). The van der Waals surface area contributed by atoms with Gasteiger partial charge in [0, 0.05) is 10.9 Å². The van der Waals surface area contributed by atoms with Crippen LogP contribution in [-0.2, 0) is 9.53 Å². The van der Waals surface area contributed by atoms with E-state index in [2.05, 4.69) is 9.98 Å². The first-order valence-electron chi connectivity index (χ1n) is 5.81.